The van der Waals surface area contributed by atoms with Crippen LogP contribution in [-0.4, -0.2) is 34.8 Å². The van der Waals surface area contributed by atoms with E-state index in [1.54, 1.807) is 24.3 Å². The summed E-state index contributed by atoms with van der Waals surface area (Å²) in [6, 6.07) is 15.1. The predicted molar refractivity (Wildman–Crippen MR) is 129 cm³/mol. The number of hydrogen-bond donors (Lipinski definition) is 2. The second-order valence-electron chi connectivity index (χ2n) is 7.70. The standard InChI is InChI=1S/C24H21FN6OS/c1-15-13-20(26-15)28-21-14-22(31-11-4-12-31)30-24(29-21)33-17-9-7-16(8-10-17)27-23(32)18-5-2-3-6-19(18)25/h2-3,5-10,13-14H,4,11-12H2,1H3,(H,27,32)(H,26,28,29,30). The lowest BCUT2D eigenvalue weighted by Gasteiger charge is -2.32. The topological polar surface area (TPSA) is 82.5 Å². The van der Waals surface area contributed by atoms with E-state index < -0.39 is 11.7 Å². The van der Waals surface area contributed by atoms with Crippen molar-refractivity contribution in [2.45, 2.75) is 23.4 Å². The van der Waals surface area contributed by atoms with Gasteiger partial charge in [0.25, 0.3) is 5.91 Å². The van der Waals surface area contributed by atoms with Crippen LogP contribution < -0.4 is 15.5 Å². The molecule has 0 atom stereocenters. The molecule has 1 aromatic heterocycles. The fraction of sp³-hybridized carbons (Fsp3) is 0.167. The molecule has 0 aliphatic carbocycles. The van der Waals surface area contributed by atoms with Crippen LogP contribution in [-0.2, 0) is 0 Å². The summed E-state index contributed by atoms with van der Waals surface area (Å²) < 4.78 is 13.8. The van der Waals surface area contributed by atoms with E-state index in [1.165, 1.54) is 23.9 Å². The lowest BCUT2D eigenvalue weighted by molar-refractivity contribution is 0.102. The van der Waals surface area contributed by atoms with Crippen molar-refractivity contribution in [2.75, 3.05) is 28.6 Å². The highest BCUT2D eigenvalue weighted by Gasteiger charge is 2.19. The number of amides is 1. The number of rotatable bonds is 6. The molecule has 1 fully saturated rings. The summed E-state index contributed by atoms with van der Waals surface area (Å²) >= 11 is 1.43. The Morgan fingerprint density at radius 2 is 1.85 bits per heavy atom. The van der Waals surface area contributed by atoms with Crippen molar-refractivity contribution in [3.8, 4) is 0 Å². The molecule has 0 unspecified atom stereocenters. The van der Waals surface area contributed by atoms with E-state index in [1.807, 2.05) is 31.2 Å². The highest BCUT2D eigenvalue weighted by Crippen LogP contribution is 2.30. The fourth-order valence-electron chi connectivity index (χ4n) is 3.37. The number of aromatic nitrogens is 2. The van der Waals surface area contributed by atoms with Crippen molar-refractivity contribution in [3.63, 3.8) is 0 Å². The van der Waals surface area contributed by atoms with Crippen LogP contribution in [0.25, 0.3) is 0 Å². The van der Waals surface area contributed by atoms with Crippen LogP contribution in [0.3, 0.4) is 0 Å². The maximum Gasteiger partial charge on any atom is 0.258 e. The zero-order chi connectivity index (χ0) is 22.8. The van der Waals surface area contributed by atoms with Crippen molar-refractivity contribution in [1.29, 1.82) is 0 Å². The lowest BCUT2D eigenvalue weighted by Crippen LogP contribution is -2.37. The summed E-state index contributed by atoms with van der Waals surface area (Å²) in [7, 11) is 0. The van der Waals surface area contributed by atoms with Crippen molar-refractivity contribution in [1.82, 2.24) is 9.97 Å². The smallest absolute Gasteiger partial charge is 0.258 e. The van der Waals surface area contributed by atoms with E-state index in [0.717, 1.165) is 41.8 Å². The molecular weight excluding hydrogens is 439 g/mol. The first-order valence-corrected chi connectivity index (χ1v) is 11.4. The van der Waals surface area contributed by atoms with Crippen LogP contribution >= 0.6 is 11.8 Å². The molecule has 3 aromatic rings. The van der Waals surface area contributed by atoms with Crippen LogP contribution in [0.15, 0.2) is 81.4 Å². The van der Waals surface area contributed by atoms with E-state index in [4.69, 9.17) is 4.98 Å². The number of carbonyl (C=O) groups excluding carboxylic acids is 1. The third-order valence-electron chi connectivity index (χ3n) is 5.21. The molecule has 1 saturated heterocycles. The molecule has 0 bridgehead atoms. The number of amidine groups is 1. The maximum absolute atomic E-state index is 13.8. The summed E-state index contributed by atoms with van der Waals surface area (Å²) in [5.74, 6) is 1.33. The van der Waals surface area contributed by atoms with Gasteiger partial charge in [-0.2, -0.15) is 0 Å². The van der Waals surface area contributed by atoms with Gasteiger partial charge in [0.2, 0.25) is 0 Å². The quantitative estimate of drug-likeness (QED) is 0.506. The minimum absolute atomic E-state index is 0.00768. The molecule has 5 rings (SSSR count). The number of hydrogen-bond acceptors (Lipinski definition) is 7. The highest BCUT2D eigenvalue weighted by atomic mass is 32.2. The summed E-state index contributed by atoms with van der Waals surface area (Å²) in [5, 5.41) is 6.57. The Bertz CT molecular complexity index is 1270. The number of nitrogens with one attached hydrogen (secondary N) is 2. The van der Waals surface area contributed by atoms with Crippen LogP contribution in [0, 0.1) is 5.82 Å². The second-order valence-corrected chi connectivity index (χ2v) is 8.74. The van der Waals surface area contributed by atoms with E-state index in [9.17, 15) is 9.18 Å². The number of carbonyl (C=O) groups is 1. The first-order chi connectivity index (χ1) is 16.0. The molecule has 166 valence electrons. The molecule has 0 spiro atoms. The van der Waals surface area contributed by atoms with Crippen molar-refractivity contribution < 1.29 is 9.18 Å². The fourth-order valence-corrected chi connectivity index (χ4v) is 4.13. The molecule has 2 N–H and O–H groups in total. The minimum atomic E-state index is -0.552. The zero-order valence-corrected chi connectivity index (χ0v) is 18.7. The monoisotopic (exact) mass is 460 g/mol. The molecule has 33 heavy (non-hydrogen) atoms. The number of halogens is 1. The van der Waals surface area contributed by atoms with Gasteiger partial charge in [0.15, 0.2) is 5.16 Å². The van der Waals surface area contributed by atoms with Gasteiger partial charge in [0.05, 0.1) is 5.56 Å². The van der Waals surface area contributed by atoms with Gasteiger partial charge in [0.1, 0.15) is 23.3 Å². The van der Waals surface area contributed by atoms with E-state index in [0.29, 0.717) is 16.7 Å². The van der Waals surface area contributed by atoms with Gasteiger partial charge >= 0.3 is 0 Å². The molecule has 0 radical (unpaired) electrons. The zero-order valence-electron chi connectivity index (χ0n) is 17.9. The number of benzene rings is 2. The summed E-state index contributed by atoms with van der Waals surface area (Å²) in [6.07, 6.45) is 3.12. The first-order valence-electron chi connectivity index (χ1n) is 10.6. The number of allylic oxidation sites excluding steroid dienone is 1. The van der Waals surface area contributed by atoms with E-state index in [2.05, 4.69) is 25.5 Å². The summed E-state index contributed by atoms with van der Waals surface area (Å²) in [6.45, 7) is 3.91. The molecule has 2 aliphatic rings. The Labute approximate surface area is 194 Å². The molecule has 3 heterocycles. The Morgan fingerprint density at radius 3 is 2.52 bits per heavy atom. The Morgan fingerprint density at radius 1 is 1.09 bits per heavy atom. The van der Waals surface area contributed by atoms with Gasteiger partial charge in [-0.1, -0.05) is 12.1 Å². The Hall–Kier alpha value is -3.72. The van der Waals surface area contributed by atoms with Gasteiger partial charge in [-0.25, -0.2) is 19.4 Å². The van der Waals surface area contributed by atoms with Crippen molar-refractivity contribution >= 4 is 40.8 Å². The number of anilines is 3. The van der Waals surface area contributed by atoms with Gasteiger partial charge in [-0.3, -0.25) is 4.79 Å². The van der Waals surface area contributed by atoms with Crippen LogP contribution in [0.1, 0.15) is 23.7 Å². The van der Waals surface area contributed by atoms with Crippen LogP contribution in [0.4, 0.5) is 21.7 Å². The first kappa shape index (κ1) is 21.1. The molecule has 1 amide bonds. The molecule has 7 nitrogen and oxygen atoms in total. The van der Waals surface area contributed by atoms with Gasteiger partial charge < -0.3 is 15.5 Å². The summed E-state index contributed by atoms with van der Waals surface area (Å²) in [4.78, 5) is 29.1. The predicted octanol–water partition coefficient (Wildman–Crippen LogP) is 4.96. The molecular formula is C24H21FN6OS. The Kier molecular flexibility index (Phi) is 5.78. The molecule has 9 heteroatoms. The SMILES string of the molecule is CC1=CC(Nc2cc(N3CCC3)nc(Sc3ccc(NC(=O)c4ccccc4F)cc3)n2)=N1. The van der Waals surface area contributed by atoms with Gasteiger partial charge in [-0.15, -0.1) is 0 Å². The normalized spacial score (nSPS) is 14.5. The van der Waals surface area contributed by atoms with Crippen LogP contribution in [0.5, 0.6) is 0 Å². The maximum atomic E-state index is 13.8. The van der Waals surface area contributed by atoms with Gasteiger partial charge in [-0.05, 0) is 61.5 Å². The van der Waals surface area contributed by atoms with Gasteiger partial charge in [0, 0.05) is 41.5 Å². The van der Waals surface area contributed by atoms with Crippen LogP contribution in [0.2, 0.25) is 0 Å². The average molecular weight is 461 g/mol. The molecule has 2 aliphatic heterocycles. The van der Waals surface area contributed by atoms with E-state index in [-0.39, 0.29) is 5.56 Å². The second kappa shape index (κ2) is 9.03. The lowest BCUT2D eigenvalue weighted by atomic mass is 10.2. The third-order valence-corrected chi connectivity index (χ3v) is 6.08. The van der Waals surface area contributed by atoms with E-state index >= 15 is 0 Å². The average Bonchev–Trinajstić information content (AvgIpc) is 2.73. The van der Waals surface area contributed by atoms with Crippen molar-refractivity contribution in [3.05, 3.63) is 77.8 Å². The Balaban J connectivity index is 1.29. The minimum Gasteiger partial charge on any atom is -0.356 e. The number of nitrogens with zero attached hydrogens (tertiary/aromatic N) is 4. The summed E-state index contributed by atoms with van der Waals surface area (Å²) in [5.41, 5.74) is 1.56. The highest BCUT2D eigenvalue weighted by molar-refractivity contribution is 7.99. The number of aliphatic imine (C=N–C) groups is 1. The molecule has 0 saturated carbocycles. The largest absolute Gasteiger partial charge is 0.356 e. The molecule has 2 aromatic carbocycles. The van der Waals surface area contributed by atoms with Crippen molar-refractivity contribution in [2.24, 2.45) is 4.99 Å². The third kappa shape index (κ3) is 4.88.